The molecule has 130 valence electrons. The van der Waals surface area contributed by atoms with Gasteiger partial charge in [0.2, 0.25) is 0 Å². The molecule has 4 rings (SSSR count). The van der Waals surface area contributed by atoms with E-state index in [1.807, 2.05) is 6.07 Å². The number of para-hydroxylation sites is 1. The van der Waals surface area contributed by atoms with Crippen LogP contribution in [0.2, 0.25) is 0 Å². The predicted molar refractivity (Wildman–Crippen MR) is 116 cm³/mol. The number of benzene rings is 3. The van der Waals surface area contributed by atoms with Gasteiger partial charge in [-0.25, -0.2) is 4.98 Å². The maximum Gasteiger partial charge on any atom is 0.125 e. The molecule has 0 saturated carbocycles. The fourth-order valence-corrected chi connectivity index (χ4v) is 4.35. The minimum absolute atomic E-state index is 0.166. The van der Waals surface area contributed by atoms with E-state index < -0.39 is 0 Å². The van der Waals surface area contributed by atoms with Crippen LogP contribution in [-0.4, -0.2) is 4.98 Å². The van der Waals surface area contributed by atoms with Crippen molar-refractivity contribution in [3.8, 4) is 21.7 Å². The molecule has 0 aliphatic heterocycles. The molecule has 0 unspecified atom stereocenters. The predicted octanol–water partition coefficient (Wildman–Crippen LogP) is 7.22. The molecule has 0 fully saturated rings. The van der Waals surface area contributed by atoms with Crippen LogP contribution in [0.25, 0.3) is 31.9 Å². The van der Waals surface area contributed by atoms with Crippen LogP contribution in [0.3, 0.4) is 0 Å². The number of thiol groups is 1. The Labute approximate surface area is 164 Å². The molecule has 0 amide bonds. The Bertz CT molecular complexity index is 1040. The Morgan fingerprint density at radius 3 is 2.23 bits per heavy atom. The molecule has 0 radical (unpaired) electrons. The molecule has 0 N–H and O–H groups in total. The quantitative estimate of drug-likeness (QED) is 0.365. The third kappa shape index (κ3) is 3.29. The number of hydrogen-bond acceptors (Lipinski definition) is 3. The van der Waals surface area contributed by atoms with Crippen LogP contribution in [0.4, 0.5) is 0 Å². The van der Waals surface area contributed by atoms with E-state index in [0.717, 1.165) is 21.0 Å². The molecule has 0 saturated heterocycles. The Morgan fingerprint density at radius 1 is 0.846 bits per heavy atom. The average molecular weight is 376 g/mol. The first-order valence-electron chi connectivity index (χ1n) is 8.72. The molecule has 0 atom stereocenters. The number of aromatic nitrogens is 1. The second-order valence-corrected chi connectivity index (χ2v) is 9.06. The van der Waals surface area contributed by atoms with Crippen LogP contribution in [0.1, 0.15) is 26.3 Å². The number of fused-ring (bicyclic) bond motifs is 1. The van der Waals surface area contributed by atoms with E-state index >= 15 is 0 Å². The highest BCUT2D eigenvalue weighted by Crippen LogP contribution is 2.36. The van der Waals surface area contributed by atoms with Gasteiger partial charge in [0, 0.05) is 10.5 Å². The average Bonchev–Trinajstić information content (AvgIpc) is 3.05. The first-order chi connectivity index (χ1) is 12.4. The summed E-state index contributed by atoms with van der Waals surface area (Å²) >= 11 is 6.39. The molecule has 4 aromatic rings. The van der Waals surface area contributed by atoms with Crippen LogP contribution in [0.5, 0.6) is 0 Å². The van der Waals surface area contributed by atoms with Gasteiger partial charge in [-0.3, -0.25) is 0 Å². The fourth-order valence-electron chi connectivity index (χ4n) is 3.04. The summed E-state index contributed by atoms with van der Waals surface area (Å²) in [6.07, 6.45) is 0. The van der Waals surface area contributed by atoms with Crippen LogP contribution < -0.4 is 0 Å². The number of hydrogen-bond donors (Lipinski definition) is 1. The van der Waals surface area contributed by atoms with Crippen molar-refractivity contribution in [2.24, 2.45) is 0 Å². The van der Waals surface area contributed by atoms with Gasteiger partial charge in [-0.2, -0.15) is 0 Å². The van der Waals surface area contributed by atoms with Gasteiger partial charge in [-0.15, -0.1) is 24.0 Å². The summed E-state index contributed by atoms with van der Waals surface area (Å²) in [4.78, 5) is 5.75. The lowest BCUT2D eigenvalue weighted by Gasteiger charge is -2.19. The normalized spacial score (nSPS) is 11.8. The van der Waals surface area contributed by atoms with E-state index in [1.54, 1.807) is 11.3 Å². The van der Waals surface area contributed by atoms with Crippen molar-refractivity contribution in [1.82, 2.24) is 4.98 Å². The molecule has 0 spiro atoms. The fraction of sp³-hybridized carbons (Fsp3) is 0.174. The lowest BCUT2D eigenvalue weighted by atomic mass is 9.86. The van der Waals surface area contributed by atoms with E-state index in [4.69, 9.17) is 4.98 Å². The third-order valence-corrected chi connectivity index (χ3v) is 6.06. The molecule has 1 aromatic heterocycles. The monoisotopic (exact) mass is 375 g/mol. The molecule has 1 heterocycles. The molecular weight excluding hydrogens is 354 g/mol. The van der Waals surface area contributed by atoms with Crippen molar-refractivity contribution in [3.63, 3.8) is 0 Å². The zero-order valence-corrected chi connectivity index (χ0v) is 16.9. The van der Waals surface area contributed by atoms with Crippen LogP contribution in [0.15, 0.2) is 71.6 Å². The third-order valence-electron chi connectivity index (χ3n) is 4.61. The summed E-state index contributed by atoms with van der Waals surface area (Å²) in [7, 11) is 0. The maximum absolute atomic E-state index is 4.79. The molecule has 0 bridgehead atoms. The van der Waals surface area contributed by atoms with E-state index in [1.165, 1.54) is 21.4 Å². The second kappa shape index (κ2) is 6.57. The minimum atomic E-state index is 0.166. The van der Waals surface area contributed by atoms with Gasteiger partial charge in [0.1, 0.15) is 5.01 Å². The van der Waals surface area contributed by atoms with Crippen molar-refractivity contribution >= 4 is 34.2 Å². The molecule has 0 aliphatic rings. The van der Waals surface area contributed by atoms with Gasteiger partial charge >= 0.3 is 0 Å². The Morgan fingerprint density at radius 2 is 1.54 bits per heavy atom. The van der Waals surface area contributed by atoms with E-state index in [-0.39, 0.29) is 5.41 Å². The van der Waals surface area contributed by atoms with Gasteiger partial charge in [0.05, 0.1) is 10.2 Å². The van der Waals surface area contributed by atoms with E-state index in [0.29, 0.717) is 0 Å². The van der Waals surface area contributed by atoms with Crippen molar-refractivity contribution in [3.05, 3.63) is 72.3 Å². The smallest absolute Gasteiger partial charge is 0.125 e. The first kappa shape index (κ1) is 17.3. The van der Waals surface area contributed by atoms with Gasteiger partial charge in [0.15, 0.2) is 0 Å². The molecule has 3 heteroatoms. The number of rotatable bonds is 2. The Kier molecular flexibility index (Phi) is 4.37. The number of nitrogens with zero attached hydrogens (tertiary/aromatic N) is 1. The summed E-state index contributed by atoms with van der Waals surface area (Å²) in [6.45, 7) is 6.72. The lowest BCUT2D eigenvalue weighted by molar-refractivity contribution is 0.590. The molecule has 3 aromatic carbocycles. The first-order valence-corrected chi connectivity index (χ1v) is 9.98. The lowest BCUT2D eigenvalue weighted by Crippen LogP contribution is -2.10. The van der Waals surface area contributed by atoms with Crippen molar-refractivity contribution in [2.45, 2.75) is 31.1 Å². The topological polar surface area (TPSA) is 12.9 Å². The molecular formula is C23H21NS2. The van der Waals surface area contributed by atoms with Crippen LogP contribution >= 0.6 is 24.0 Å². The highest BCUT2D eigenvalue weighted by Gasteiger charge is 2.14. The van der Waals surface area contributed by atoms with Crippen molar-refractivity contribution in [1.29, 1.82) is 0 Å². The van der Waals surface area contributed by atoms with Gasteiger partial charge in [0.25, 0.3) is 0 Å². The zero-order chi connectivity index (χ0) is 18.3. The summed E-state index contributed by atoms with van der Waals surface area (Å²) in [5.74, 6) is 0. The number of thiazole rings is 1. The second-order valence-electron chi connectivity index (χ2n) is 7.55. The van der Waals surface area contributed by atoms with Crippen molar-refractivity contribution in [2.75, 3.05) is 0 Å². The molecule has 1 nitrogen and oxygen atoms in total. The minimum Gasteiger partial charge on any atom is -0.236 e. The molecule has 0 aliphatic carbocycles. The summed E-state index contributed by atoms with van der Waals surface area (Å²) in [5.41, 5.74) is 6.05. The molecule has 26 heavy (non-hydrogen) atoms. The highest BCUT2D eigenvalue weighted by molar-refractivity contribution is 7.80. The standard InChI is InChI=1S/C23H21NS2/c1-23(2,3)17-11-8-15(9-12-17)16-10-13-20(25)18(14-16)22-24-19-6-4-5-7-21(19)26-22/h4-14,25H,1-3H3. The van der Waals surface area contributed by atoms with E-state index in [9.17, 15) is 0 Å². The zero-order valence-electron chi connectivity index (χ0n) is 15.2. The van der Waals surface area contributed by atoms with E-state index in [2.05, 4.69) is 94.1 Å². The van der Waals surface area contributed by atoms with Crippen LogP contribution in [-0.2, 0) is 5.41 Å². The Balaban J connectivity index is 1.76. The largest absolute Gasteiger partial charge is 0.236 e. The highest BCUT2D eigenvalue weighted by atomic mass is 32.1. The van der Waals surface area contributed by atoms with Crippen LogP contribution in [0, 0.1) is 0 Å². The summed E-state index contributed by atoms with van der Waals surface area (Å²) < 4.78 is 1.20. The van der Waals surface area contributed by atoms with Gasteiger partial charge in [-0.05, 0) is 46.4 Å². The summed E-state index contributed by atoms with van der Waals surface area (Å²) in [5, 5.41) is 1.02. The van der Waals surface area contributed by atoms with Crippen molar-refractivity contribution < 1.29 is 0 Å². The van der Waals surface area contributed by atoms with Gasteiger partial charge < -0.3 is 0 Å². The maximum atomic E-state index is 4.79. The Hall–Kier alpha value is -2.10. The SMILES string of the molecule is CC(C)(C)c1ccc(-c2ccc(S)c(-c3nc4ccccc4s3)c2)cc1. The summed E-state index contributed by atoms with van der Waals surface area (Å²) in [6, 6.07) is 23.5. The van der Waals surface area contributed by atoms with Gasteiger partial charge in [-0.1, -0.05) is 63.2 Å².